The first kappa shape index (κ1) is 15.8. The van der Waals surface area contributed by atoms with E-state index < -0.39 is 6.10 Å². The van der Waals surface area contributed by atoms with Gasteiger partial charge < -0.3 is 14.7 Å². The predicted octanol–water partition coefficient (Wildman–Crippen LogP) is 3.61. The number of fused-ring (bicyclic) bond motifs is 1. The van der Waals surface area contributed by atoms with Gasteiger partial charge in [-0.15, -0.1) is 0 Å². The summed E-state index contributed by atoms with van der Waals surface area (Å²) < 4.78 is 6.04. The lowest BCUT2D eigenvalue weighted by Gasteiger charge is -2.20. The largest absolute Gasteiger partial charge is 0.491 e. The number of aliphatic hydroxyl groups is 1. The first-order valence-electron chi connectivity index (χ1n) is 7.72. The van der Waals surface area contributed by atoms with Crippen LogP contribution in [0, 0.1) is 0 Å². The van der Waals surface area contributed by atoms with Gasteiger partial charge in [0.2, 0.25) is 0 Å². The van der Waals surface area contributed by atoms with Crippen LogP contribution in [-0.2, 0) is 0 Å². The third kappa shape index (κ3) is 3.74. The lowest BCUT2D eigenvalue weighted by molar-refractivity contribution is 0.185. The predicted molar refractivity (Wildman–Crippen MR) is 87.9 cm³/mol. The molecule has 0 spiro atoms. The molecule has 0 saturated carbocycles. The number of ether oxygens (including phenoxy) is 1. The standard InChI is InChI=1S/C18H25NO2/c1-4-19(5-2)12-13-21-18-16(14(3)20)11-10-15-8-6-7-9-17(15)18/h6-11,14,20H,4-5,12-13H2,1-3H3/t14-/m1/s1. The monoisotopic (exact) mass is 287 g/mol. The number of benzene rings is 2. The Kier molecular flexibility index (Phi) is 5.59. The van der Waals surface area contributed by atoms with Crippen LogP contribution < -0.4 is 4.74 Å². The zero-order valence-corrected chi connectivity index (χ0v) is 13.2. The van der Waals surface area contributed by atoms with Crippen molar-refractivity contribution in [2.24, 2.45) is 0 Å². The average molecular weight is 287 g/mol. The fourth-order valence-electron chi connectivity index (χ4n) is 2.57. The molecule has 0 fully saturated rings. The Balaban J connectivity index is 2.25. The van der Waals surface area contributed by atoms with Gasteiger partial charge in [0.15, 0.2) is 0 Å². The van der Waals surface area contributed by atoms with Gasteiger partial charge >= 0.3 is 0 Å². The molecule has 1 N–H and O–H groups in total. The van der Waals surface area contributed by atoms with Crippen molar-refractivity contribution in [3.05, 3.63) is 42.0 Å². The van der Waals surface area contributed by atoms with Crippen molar-refractivity contribution in [2.75, 3.05) is 26.2 Å². The highest BCUT2D eigenvalue weighted by Gasteiger charge is 2.13. The third-order valence-electron chi connectivity index (χ3n) is 3.91. The first-order chi connectivity index (χ1) is 10.2. The number of nitrogens with zero attached hydrogens (tertiary/aromatic N) is 1. The lowest BCUT2D eigenvalue weighted by Crippen LogP contribution is -2.28. The molecule has 0 saturated heterocycles. The van der Waals surface area contributed by atoms with Crippen molar-refractivity contribution >= 4 is 10.8 Å². The topological polar surface area (TPSA) is 32.7 Å². The molecule has 114 valence electrons. The summed E-state index contributed by atoms with van der Waals surface area (Å²) in [5, 5.41) is 12.2. The van der Waals surface area contributed by atoms with Crippen LogP contribution in [0.4, 0.5) is 0 Å². The van der Waals surface area contributed by atoms with Gasteiger partial charge in [-0.2, -0.15) is 0 Å². The van der Waals surface area contributed by atoms with Crippen LogP contribution in [0.25, 0.3) is 10.8 Å². The Hall–Kier alpha value is -1.58. The smallest absolute Gasteiger partial charge is 0.132 e. The fraction of sp³-hybridized carbons (Fsp3) is 0.444. The Labute approximate surface area is 127 Å². The molecule has 0 heterocycles. The van der Waals surface area contributed by atoms with E-state index in [0.29, 0.717) is 6.61 Å². The number of rotatable bonds is 7. The molecule has 0 aromatic heterocycles. The summed E-state index contributed by atoms with van der Waals surface area (Å²) in [5.41, 5.74) is 0.855. The van der Waals surface area contributed by atoms with Crippen LogP contribution >= 0.6 is 0 Å². The fourth-order valence-corrected chi connectivity index (χ4v) is 2.57. The molecule has 0 amide bonds. The van der Waals surface area contributed by atoms with Crippen molar-refractivity contribution in [1.29, 1.82) is 0 Å². The molecule has 2 rings (SSSR count). The maximum atomic E-state index is 9.97. The third-order valence-corrected chi connectivity index (χ3v) is 3.91. The van der Waals surface area contributed by atoms with Crippen molar-refractivity contribution in [1.82, 2.24) is 4.90 Å². The normalized spacial score (nSPS) is 12.8. The first-order valence-corrected chi connectivity index (χ1v) is 7.72. The number of aliphatic hydroxyl groups excluding tert-OH is 1. The second-order valence-corrected chi connectivity index (χ2v) is 5.26. The van der Waals surface area contributed by atoms with Crippen LogP contribution in [0.15, 0.2) is 36.4 Å². The Morgan fingerprint density at radius 3 is 2.48 bits per heavy atom. The summed E-state index contributed by atoms with van der Waals surface area (Å²) in [7, 11) is 0. The number of likely N-dealkylation sites (N-methyl/N-ethyl adjacent to an activating group) is 1. The lowest BCUT2D eigenvalue weighted by atomic mass is 10.0. The Morgan fingerprint density at radius 1 is 1.10 bits per heavy atom. The highest BCUT2D eigenvalue weighted by Crippen LogP contribution is 2.33. The SMILES string of the molecule is CCN(CC)CCOc1c([C@@H](C)O)ccc2ccccc12. The van der Waals surface area contributed by atoms with Crippen LogP contribution in [-0.4, -0.2) is 36.2 Å². The van der Waals surface area contributed by atoms with Crippen molar-refractivity contribution in [3.8, 4) is 5.75 Å². The summed E-state index contributed by atoms with van der Waals surface area (Å²) in [6.07, 6.45) is -0.530. The molecule has 0 unspecified atom stereocenters. The summed E-state index contributed by atoms with van der Waals surface area (Å²) in [6.45, 7) is 9.68. The van der Waals surface area contributed by atoms with E-state index in [0.717, 1.165) is 41.7 Å². The second-order valence-electron chi connectivity index (χ2n) is 5.26. The van der Waals surface area contributed by atoms with Crippen LogP contribution in [0.3, 0.4) is 0 Å². The van der Waals surface area contributed by atoms with E-state index in [1.165, 1.54) is 0 Å². The van der Waals surface area contributed by atoms with Crippen molar-refractivity contribution < 1.29 is 9.84 Å². The molecule has 3 nitrogen and oxygen atoms in total. The minimum atomic E-state index is -0.530. The maximum Gasteiger partial charge on any atom is 0.132 e. The molecule has 21 heavy (non-hydrogen) atoms. The molecule has 0 aliphatic heterocycles. The van der Waals surface area contributed by atoms with Gasteiger partial charge in [0.25, 0.3) is 0 Å². The van der Waals surface area contributed by atoms with E-state index in [2.05, 4.69) is 24.8 Å². The molecular weight excluding hydrogens is 262 g/mol. The molecule has 1 atom stereocenters. The van der Waals surface area contributed by atoms with Gasteiger partial charge in [0, 0.05) is 17.5 Å². The number of hydrogen-bond donors (Lipinski definition) is 1. The molecule has 2 aromatic carbocycles. The quantitative estimate of drug-likeness (QED) is 0.844. The zero-order valence-electron chi connectivity index (χ0n) is 13.2. The second kappa shape index (κ2) is 7.43. The molecule has 0 aliphatic carbocycles. The molecule has 3 heteroatoms. The summed E-state index contributed by atoms with van der Waals surface area (Å²) in [5.74, 6) is 0.815. The van der Waals surface area contributed by atoms with Gasteiger partial charge in [-0.25, -0.2) is 0 Å². The molecular formula is C18H25NO2. The van der Waals surface area contributed by atoms with Gasteiger partial charge in [-0.1, -0.05) is 50.2 Å². The minimum Gasteiger partial charge on any atom is -0.491 e. The summed E-state index contributed by atoms with van der Waals surface area (Å²) in [6, 6.07) is 12.1. The molecule has 0 radical (unpaired) electrons. The van der Waals surface area contributed by atoms with Crippen LogP contribution in [0.5, 0.6) is 5.75 Å². The van der Waals surface area contributed by atoms with E-state index in [1.807, 2.05) is 30.3 Å². The summed E-state index contributed by atoms with van der Waals surface area (Å²) in [4.78, 5) is 2.33. The van der Waals surface area contributed by atoms with E-state index in [-0.39, 0.29) is 0 Å². The molecule has 0 aliphatic rings. The van der Waals surface area contributed by atoms with Crippen molar-refractivity contribution in [3.63, 3.8) is 0 Å². The van der Waals surface area contributed by atoms with E-state index in [1.54, 1.807) is 6.92 Å². The van der Waals surface area contributed by atoms with Crippen molar-refractivity contribution in [2.45, 2.75) is 26.9 Å². The molecule has 2 aromatic rings. The average Bonchev–Trinajstić information content (AvgIpc) is 2.51. The highest BCUT2D eigenvalue weighted by molar-refractivity contribution is 5.89. The summed E-state index contributed by atoms with van der Waals surface area (Å²) >= 11 is 0. The van der Waals surface area contributed by atoms with E-state index in [4.69, 9.17) is 4.74 Å². The van der Waals surface area contributed by atoms with Gasteiger partial charge in [-0.05, 0) is 25.4 Å². The van der Waals surface area contributed by atoms with Crippen LogP contribution in [0.1, 0.15) is 32.4 Å². The van der Waals surface area contributed by atoms with Gasteiger partial charge in [-0.3, -0.25) is 0 Å². The Morgan fingerprint density at radius 2 is 1.81 bits per heavy atom. The zero-order chi connectivity index (χ0) is 15.2. The van der Waals surface area contributed by atoms with E-state index in [9.17, 15) is 5.11 Å². The van der Waals surface area contributed by atoms with Gasteiger partial charge in [0.05, 0.1) is 6.10 Å². The minimum absolute atomic E-state index is 0.530. The van der Waals surface area contributed by atoms with E-state index >= 15 is 0 Å². The van der Waals surface area contributed by atoms with Crippen LogP contribution in [0.2, 0.25) is 0 Å². The number of hydrogen-bond acceptors (Lipinski definition) is 3. The maximum absolute atomic E-state index is 9.97. The Bertz CT molecular complexity index is 576. The van der Waals surface area contributed by atoms with Gasteiger partial charge in [0.1, 0.15) is 12.4 Å². The molecule has 0 bridgehead atoms. The highest BCUT2D eigenvalue weighted by atomic mass is 16.5.